The fourth-order valence-corrected chi connectivity index (χ4v) is 2.82. The summed E-state index contributed by atoms with van der Waals surface area (Å²) >= 11 is 0. The molecule has 0 aliphatic carbocycles. The SMILES string of the molecule is CC[C@H]1C(=O)NCCN1C(=O)CCc1cc(OC)cc(OC)c1. The number of methoxy groups -OCH3 is 2. The van der Waals surface area contributed by atoms with E-state index in [1.807, 2.05) is 19.1 Å². The van der Waals surface area contributed by atoms with Crippen molar-refractivity contribution in [3.05, 3.63) is 23.8 Å². The molecule has 1 aromatic carbocycles. The summed E-state index contributed by atoms with van der Waals surface area (Å²) in [6, 6.07) is 5.25. The standard InChI is InChI=1S/C17H24N2O4/c1-4-15-17(21)18-7-8-19(15)16(20)6-5-12-9-13(22-2)11-14(10-12)23-3/h9-11,15H,4-8H2,1-3H3,(H,18,21)/t15-/m0/s1. The summed E-state index contributed by atoms with van der Waals surface area (Å²) in [5.74, 6) is 1.36. The maximum absolute atomic E-state index is 12.5. The van der Waals surface area contributed by atoms with Gasteiger partial charge in [0.05, 0.1) is 14.2 Å². The summed E-state index contributed by atoms with van der Waals surface area (Å²) in [6.45, 7) is 3.02. The summed E-state index contributed by atoms with van der Waals surface area (Å²) in [5, 5.41) is 2.81. The van der Waals surface area contributed by atoms with Gasteiger partial charge >= 0.3 is 0 Å². The number of amides is 2. The molecule has 1 atom stereocenters. The van der Waals surface area contributed by atoms with Crippen molar-refractivity contribution in [1.82, 2.24) is 10.2 Å². The van der Waals surface area contributed by atoms with Gasteiger partial charge in [0.25, 0.3) is 0 Å². The normalized spacial score (nSPS) is 17.6. The van der Waals surface area contributed by atoms with Gasteiger partial charge in [0.15, 0.2) is 0 Å². The molecule has 0 radical (unpaired) electrons. The quantitative estimate of drug-likeness (QED) is 0.860. The zero-order valence-electron chi connectivity index (χ0n) is 13.9. The number of hydrogen-bond donors (Lipinski definition) is 1. The van der Waals surface area contributed by atoms with Gasteiger partial charge in [-0.15, -0.1) is 0 Å². The van der Waals surface area contributed by atoms with E-state index in [0.29, 0.717) is 43.9 Å². The molecule has 0 saturated carbocycles. The molecule has 1 fully saturated rings. The van der Waals surface area contributed by atoms with Gasteiger partial charge in [-0.2, -0.15) is 0 Å². The molecule has 1 saturated heterocycles. The Morgan fingerprint density at radius 2 is 1.91 bits per heavy atom. The topological polar surface area (TPSA) is 67.9 Å². The monoisotopic (exact) mass is 320 g/mol. The number of ether oxygens (including phenoxy) is 2. The summed E-state index contributed by atoms with van der Waals surface area (Å²) in [7, 11) is 3.20. The molecule has 1 heterocycles. The lowest BCUT2D eigenvalue weighted by Crippen LogP contribution is -2.56. The van der Waals surface area contributed by atoms with E-state index in [4.69, 9.17) is 9.47 Å². The van der Waals surface area contributed by atoms with Crippen LogP contribution in [0.2, 0.25) is 0 Å². The summed E-state index contributed by atoms with van der Waals surface area (Å²) < 4.78 is 10.5. The minimum absolute atomic E-state index is 0.00786. The largest absolute Gasteiger partial charge is 0.497 e. The second-order valence-corrected chi connectivity index (χ2v) is 5.52. The zero-order valence-corrected chi connectivity index (χ0v) is 13.9. The van der Waals surface area contributed by atoms with E-state index in [2.05, 4.69) is 5.32 Å². The number of rotatable bonds is 6. The maximum atomic E-state index is 12.5. The first-order valence-electron chi connectivity index (χ1n) is 7.88. The maximum Gasteiger partial charge on any atom is 0.242 e. The summed E-state index contributed by atoms with van der Waals surface area (Å²) in [5.41, 5.74) is 0.976. The predicted octanol–water partition coefficient (Wildman–Crippen LogP) is 1.37. The van der Waals surface area contributed by atoms with Crippen LogP contribution in [0.5, 0.6) is 11.5 Å². The zero-order chi connectivity index (χ0) is 16.8. The van der Waals surface area contributed by atoms with Crippen molar-refractivity contribution in [2.45, 2.75) is 32.2 Å². The van der Waals surface area contributed by atoms with Gasteiger partial charge in [-0.05, 0) is 30.5 Å². The number of aryl methyl sites for hydroxylation is 1. The highest BCUT2D eigenvalue weighted by atomic mass is 16.5. The van der Waals surface area contributed by atoms with Crippen LogP contribution in [0.3, 0.4) is 0 Å². The number of nitrogens with one attached hydrogen (secondary N) is 1. The first kappa shape index (κ1) is 17.1. The second-order valence-electron chi connectivity index (χ2n) is 5.52. The molecule has 2 amide bonds. The molecular formula is C17H24N2O4. The molecular weight excluding hydrogens is 296 g/mol. The van der Waals surface area contributed by atoms with Crippen LogP contribution in [0.15, 0.2) is 18.2 Å². The Balaban J connectivity index is 2.02. The minimum atomic E-state index is -0.351. The van der Waals surface area contributed by atoms with Crippen molar-refractivity contribution in [3.8, 4) is 11.5 Å². The molecule has 1 aliphatic rings. The molecule has 0 aromatic heterocycles. The fraction of sp³-hybridized carbons (Fsp3) is 0.529. The number of carbonyl (C=O) groups is 2. The number of piperazine rings is 1. The Morgan fingerprint density at radius 3 is 2.48 bits per heavy atom. The van der Waals surface area contributed by atoms with E-state index < -0.39 is 0 Å². The Kier molecular flexibility index (Phi) is 5.84. The molecule has 0 unspecified atom stereocenters. The Hall–Kier alpha value is -2.24. The summed E-state index contributed by atoms with van der Waals surface area (Å²) in [4.78, 5) is 26.0. The van der Waals surface area contributed by atoms with E-state index in [1.165, 1.54) is 0 Å². The smallest absolute Gasteiger partial charge is 0.242 e. The average molecular weight is 320 g/mol. The molecule has 6 heteroatoms. The Morgan fingerprint density at radius 1 is 1.26 bits per heavy atom. The van der Waals surface area contributed by atoms with Crippen molar-refractivity contribution in [1.29, 1.82) is 0 Å². The van der Waals surface area contributed by atoms with Gasteiger partial charge in [-0.25, -0.2) is 0 Å². The van der Waals surface area contributed by atoms with Gasteiger partial charge in [-0.3, -0.25) is 9.59 Å². The molecule has 2 rings (SSSR count). The Bertz CT molecular complexity index is 551. The fourth-order valence-electron chi connectivity index (χ4n) is 2.82. The van der Waals surface area contributed by atoms with Crippen LogP contribution < -0.4 is 14.8 Å². The van der Waals surface area contributed by atoms with Gasteiger partial charge in [0.2, 0.25) is 11.8 Å². The van der Waals surface area contributed by atoms with E-state index in [1.54, 1.807) is 25.2 Å². The summed E-state index contributed by atoms with van der Waals surface area (Å²) in [6.07, 6.45) is 1.58. The van der Waals surface area contributed by atoms with Crippen molar-refractivity contribution in [3.63, 3.8) is 0 Å². The van der Waals surface area contributed by atoms with Crippen molar-refractivity contribution in [2.75, 3.05) is 27.3 Å². The highest BCUT2D eigenvalue weighted by molar-refractivity contribution is 5.88. The molecule has 0 spiro atoms. The van der Waals surface area contributed by atoms with E-state index >= 15 is 0 Å². The van der Waals surface area contributed by atoms with Crippen LogP contribution >= 0.6 is 0 Å². The first-order chi connectivity index (χ1) is 11.1. The van der Waals surface area contributed by atoms with Crippen LogP contribution in [-0.4, -0.2) is 50.1 Å². The number of carbonyl (C=O) groups excluding carboxylic acids is 2. The first-order valence-corrected chi connectivity index (χ1v) is 7.88. The molecule has 126 valence electrons. The van der Waals surface area contributed by atoms with Crippen LogP contribution in [0.1, 0.15) is 25.3 Å². The lowest BCUT2D eigenvalue weighted by Gasteiger charge is -2.34. The van der Waals surface area contributed by atoms with E-state index in [-0.39, 0.29) is 17.9 Å². The van der Waals surface area contributed by atoms with Crippen LogP contribution in [0, 0.1) is 0 Å². The molecule has 1 aliphatic heterocycles. The molecule has 1 N–H and O–H groups in total. The molecule has 0 bridgehead atoms. The van der Waals surface area contributed by atoms with Crippen LogP contribution in [0.4, 0.5) is 0 Å². The third kappa shape index (κ3) is 4.15. The third-order valence-electron chi connectivity index (χ3n) is 4.08. The van der Waals surface area contributed by atoms with Crippen molar-refractivity contribution >= 4 is 11.8 Å². The van der Waals surface area contributed by atoms with Gasteiger partial charge in [0.1, 0.15) is 17.5 Å². The van der Waals surface area contributed by atoms with Gasteiger partial charge < -0.3 is 19.7 Å². The Labute approximate surface area is 136 Å². The molecule has 23 heavy (non-hydrogen) atoms. The van der Waals surface area contributed by atoms with E-state index in [0.717, 1.165) is 5.56 Å². The number of hydrogen-bond acceptors (Lipinski definition) is 4. The average Bonchev–Trinajstić information content (AvgIpc) is 2.58. The van der Waals surface area contributed by atoms with Crippen molar-refractivity contribution in [2.24, 2.45) is 0 Å². The lowest BCUT2D eigenvalue weighted by atomic mass is 10.1. The molecule has 6 nitrogen and oxygen atoms in total. The van der Waals surface area contributed by atoms with Gasteiger partial charge in [0, 0.05) is 25.6 Å². The predicted molar refractivity (Wildman–Crippen MR) is 86.7 cm³/mol. The highest BCUT2D eigenvalue weighted by Gasteiger charge is 2.31. The van der Waals surface area contributed by atoms with E-state index in [9.17, 15) is 9.59 Å². The van der Waals surface area contributed by atoms with Crippen LogP contribution in [0.25, 0.3) is 0 Å². The third-order valence-corrected chi connectivity index (χ3v) is 4.08. The highest BCUT2D eigenvalue weighted by Crippen LogP contribution is 2.23. The number of nitrogens with zero attached hydrogens (tertiary/aromatic N) is 1. The molecule has 1 aromatic rings. The van der Waals surface area contributed by atoms with Crippen LogP contribution in [-0.2, 0) is 16.0 Å². The van der Waals surface area contributed by atoms with Crippen molar-refractivity contribution < 1.29 is 19.1 Å². The second kappa shape index (κ2) is 7.85. The minimum Gasteiger partial charge on any atom is -0.497 e. The van der Waals surface area contributed by atoms with Gasteiger partial charge in [-0.1, -0.05) is 6.92 Å². The lowest BCUT2D eigenvalue weighted by molar-refractivity contribution is -0.143. The number of benzene rings is 1.